The molecule has 0 bridgehead atoms. The zero-order valence-corrected chi connectivity index (χ0v) is 10.6. The van der Waals surface area contributed by atoms with Crippen LogP contribution in [-0.2, 0) is 5.75 Å². The second-order valence-corrected chi connectivity index (χ2v) is 5.63. The number of nitrogens with two attached hydrogens (primary N) is 1. The number of hydrogen-bond donors (Lipinski definition) is 2. The highest BCUT2D eigenvalue weighted by Gasteiger charge is 2.15. The SMILES string of the molecule is NNC(=O)c1coc(CSC2CCCCC2)c1. The van der Waals surface area contributed by atoms with E-state index < -0.39 is 0 Å². The third kappa shape index (κ3) is 3.51. The number of hydrogen-bond acceptors (Lipinski definition) is 4. The third-order valence-electron chi connectivity index (χ3n) is 3.06. The van der Waals surface area contributed by atoms with Crippen LogP contribution >= 0.6 is 11.8 Å². The molecule has 17 heavy (non-hydrogen) atoms. The second-order valence-electron chi connectivity index (χ2n) is 4.35. The van der Waals surface area contributed by atoms with Crippen LogP contribution in [0.15, 0.2) is 16.7 Å². The van der Waals surface area contributed by atoms with Crippen LogP contribution in [0, 0.1) is 0 Å². The molecule has 1 aliphatic rings. The highest BCUT2D eigenvalue weighted by molar-refractivity contribution is 7.99. The van der Waals surface area contributed by atoms with Crippen molar-refractivity contribution in [3.8, 4) is 0 Å². The van der Waals surface area contributed by atoms with Crippen LogP contribution in [0.5, 0.6) is 0 Å². The minimum Gasteiger partial charge on any atom is -0.468 e. The Morgan fingerprint density at radius 3 is 2.94 bits per heavy atom. The Kier molecular flexibility index (Phi) is 4.50. The summed E-state index contributed by atoms with van der Waals surface area (Å²) in [5.41, 5.74) is 2.59. The van der Waals surface area contributed by atoms with Gasteiger partial charge >= 0.3 is 0 Å². The van der Waals surface area contributed by atoms with E-state index in [2.05, 4.69) is 5.43 Å². The van der Waals surface area contributed by atoms with E-state index in [1.165, 1.54) is 38.4 Å². The fourth-order valence-electron chi connectivity index (χ4n) is 2.09. The number of thioether (sulfide) groups is 1. The largest absolute Gasteiger partial charge is 0.468 e. The van der Waals surface area contributed by atoms with Crippen LogP contribution < -0.4 is 11.3 Å². The molecule has 0 unspecified atom stereocenters. The summed E-state index contributed by atoms with van der Waals surface area (Å²) in [6.45, 7) is 0. The molecule has 0 radical (unpaired) electrons. The zero-order chi connectivity index (χ0) is 12.1. The molecule has 1 aromatic rings. The quantitative estimate of drug-likeness (QED) is 0.492. The molecule has 0 spiro atoms. The Hall–Kier alpha value is -0.940. The number of hydrazine groups is 1. The fraction of sp³-hybridized carbons (Fsp3) is 0.583. The van der Waals surface area contributed by atoms with Gasteiger partial charge < -0.3 is 4.42 Å². The van der Waals surface area contributed by atoms with Crippen LogP contribution in [0.3, 0.4) is 0 Å². The minimum absolute atomic E-state index is 0.303. The first-order valence-electron chi connectivity index (χ1n) is 5.99. The summed E-state index contributed by atoms with van der Waals surface area (Å²) in [6, 6.07) is 1.76. The maximum absolute atomic E-state index is 11.2. The van der Waals surface area contributed by atoms with Gasteiger partial charge in [-0.15, -0.1) is 0 Å². The monoisotopic (exact) mass is 254 g/mol. The summed E-state index contributed by atoms with van der Waals surface area (Å²) >= 11 is 1.93. The van der Waals surface area contributed by atoms with Gasteiger partial charge in [0, 0.05) is 5.25 Å². The van der Waals surface area contributed by atoms with E-state index in [4.69, 9.17) is 10.3 Å². The van der Waals surface area contributed by atoms with E-state index in [0.29, 0.717) is 5.56 Å². The van der Waals surface area contributed by atoms with Gasteiger partial charge in [-0.3, -0.25) is 10.2 Å². The molecule has 94 valence electrons. The molecule has 1 saturated carbocycles. The molecule has 1 aliphatic carbocycles. The summed E-state index contributed by atoms with van der Waals surface area (Å²) in [7, 11) is 0. The summed E-state index contributed by atoms with van der Waals surface area (Å²) in [4.78, 5) is 11.2. The lowest BCUT2D eigenvalue weighted by molar-refractivity contribution is 0.0953. The fourth-order valence-corrected chi connectivity index (χ4v) is 3.31. The average molecular weight is 254 g/mol. The molecule has 1 heterocycles. The normalized spacial score (nSPS) is 17.0. The standard InChI is InChI=1S/C12H18N2O2S/c13-14-12(15)9-6-10(16-7-9)8-17-11-4-2-1-3-5-11/h6-7,11H,1-5,8,13H2,(H,14,15). The van der Waals surface area contributed by atoms with Crippen molar-refractivity contribution in [2.45, 2.75) is 43.1 Å². The maximum Gasteiger partial charge on any atom is 0.268 e. The van der Waals surface area contributed by atoms with Crippen LogP contribution in [0.1, 0.15) is 48.2 Å². The molecule has 5 heteroatoms. The Balaban J connectivity index is 1.82. The molecular formula is C12H18N2O2S. The second kappa shape index (κ2) is 6.12. The van der Waals surface area contributed by atoms with Crippen molar-refractivity contribution in [2.75, 3.05) is 0 Å². The van der Waals surface area contributed by atoms with Crippen molar-refractivity contribution in [3.63, 3.8) is 0 Å². The highest BCUT2D eigenvalue weighted by atomic mass is 32.2. The molecule has 1 aromatic heterocycles. The van der Waals surface area contributed by atoms with Gasteiger partial charge in [0.15, 0.2) is 0 Å². The smallest absolute Gasteiger partial charge is 0.268 e. The third-order valence-corrected chi connectivity index (χ3v) is 4.45. The van der Waals surface area contributed by atoms with Gasteiger partial charge in [0.1, 0.15) is 12.0 Å². The molecule has 4 nitrogen and oxygen atoms in total. The van der Waals surface area contributed by atoms with Crippen LogP contribution in [0.4, 0.5) is 0 Å². The summed E-state index contributed by atoms with van der Waals surface area (Å²) in [5, 5.41) is 0.751. The van der Waals surface area contributed by atoms with Gasteiger partial charge in [0.2, 0.25) is 0 Å². The minimum atomic E-state index is -0.303. The van der Waals surface area contributed by atoms with E-state index in [1.54, 1.807) is 6.07 Å². The molecule has 3 N–H and O–H groups in total. The van der Waals surface area contributed by atoms with Crippen molar-refractivity contribution in [3.05, 3.63) is 23.7 Å². The highest BCUT2D eigenvalue weighted by Crippen LogP contribution is 2.30. The predicted octanol–water partition coefficient (Wildman–Crippen LogP) is 2.45. The van der Waals surface area contributed by atoms with Crippen LogP contribution in [0.2, 0.25) is 0 Å². The number of nitrogen functional groups attached to an aromatic ring is 1. The number of nitrogens with one attached hydrogen (secondary N) is 1. The molecule has 2 rings (SSSR count). The summed E-state index contributed by atoms with van der Waals surface area (Å²) in [6.07, 6.45) is 8.13. The molecular weight excluding hydrogens is 236 g/mol. The zero-order valence-electron chi connectivity index (χ0n) is 9.78. The Bertz CT molecular complexity index is 372. The topological polar surface area (TPSA) is 68.3 Å². The van der Waals surface area contributed by atoms with E-state index in [0.717, 1.165) is 16.8 Å². The molecule has 0 aliphatic heterocycles. The van der Waals surface area contributed by atoms with Gasteiger partial charge in [0.25, 0.3) is 5.91 Å². The van der Waals surface area contributed by atoms with Crippen molar-refractivity contribution < 1.29 is 9.21 Å². The van der Waals surface area contributed by atoms with Gasteiger partial charge in [-0.1, -0.05) is 19.3 Å². The lowest BCUT2D eigenvalue weighted by atomic mass is 10.0. The number of amides is 1. The van der Waals surface area contributed by atoms with Crippen LogP contribution in [-0.4, -0.2) is 11.2 Å². The summed E-state index contributed by atoms with van der Waals surface area (Å²) in [5.74, 6) is 6.44. The first-order chi connectivity index (χ1) is 8.29. The number of furan rings is 1. The van der Waals surface area contributed by atoms with Gasteiger partial charge in [0.05, 0.1) is 11.3 Å². The predicted molar refractivity (Wildman–Crippen MR) is 68.5 cm³/mol. The number of rotatable bonds is 4. The molecule has 0 saturated heterocycles. The average Bonchev–Trinajstić information content (AvgIpc) is 2.85. The van der Waals surface area contributed by atoms with E-state index >= 15 is 0 Å². The Labute approximate surface area is 105 Å². The molecule has 1 amide bonds. The van der Waals surface area contributed by atoms with E-state index in [1.807, 2.05) is 11.8 Å². The van der Waals surface area contributed by atoms with E-state index in [-0.39, 0.29) is 5.91 Å². The number of carbonyl (C=O) groups is 1. The Morgan fingerprint density at radius 1 is 1.47 bits per heavy atom. The molecule has 0 atom stereocenters. The van der Waals surface area contributed by atoms with Gasteiger partial charge in [-0.05, 0) is 18.9 Å². The van der Waals surface area contributed by atoms with Crippen molar-refractivity contribution >= 4 is 17.7 Å². The van der Waals surface area contributed by atoms with Gasteiger partial charge in [-0.2, -0.15) is 11.8 Å². The van der Waals surface area contributed by atoms with Crippen molar-refractivity contribution in [1.82, 2.24) is 5.43 Å². The van der Waals surface area contributed by atoms with Gasteiger partial charge in [-0.25, -0.2) is 5.84 Å². The Morgan fingerprint density at radius 2 is 2.24 bits per heavy atom. The van der Waals surface area contributed by atoms with Crippen LogP contribution in [0.25, 0.3) is 0 Å². The molecule has 0 aromatic carbocycles. The van der Waals surface area contributed by atoms with E-state index in [9.17, 15) is 4.79 Å². The lowest BCUT2D eigenvalue weighted by Crippen LogP contribution is -2.29. The first-order valence-corrected chi connectivity index (χ1v) is 7.04. The maximum atomic E-state index is 11.2. The van der Waals surface area contributed by atoms with Crippen molar-refractivity contribution in [2.24, 2.45) is 5.84 Å². The number of carbonyl (C=O) groups excluding carboxylic acids is 1. The summed E-state index contributed by atoms with van der Waals surface area (Å²) < 4.78 is 5.34. The lowest BCUT2D eigenvalue weighted by Gasteiger charge is -2.20. The van der Waals surface area contributed by atoms with Crippen molar-refractivity contribution in [1.29, 1.82) is 0 Å². The molecule has 1 fully saturated rings. The first kappa shape index (κ1) is 12.5.